The zero-order valence-electron chi connectivity index (χ0n) is 10.00. The molecule has 0 fully saturated rings. The normalized spacial score (nSPS) is 12.2. The maximum Gasteiger partial charge on any atom is 0.234 e. The summed E-state index contributed by atoms with van der Waals surface area (Å²) in [6.45, 7) is 4.15. The zero-order chi connectivity index (χ0) is 12.8. The molecule has 0 aromatic heterocycles. The molecule has 17 heavy (non-hydrogen) atoms. The van der Waals surface area contributed by atoms with Crippen LogP contribution >= 0.6 is 11.8 Å². The molecule has 1 rings (SSSR count). The summed E-state index contributed by atoms with van der Waals surface area (Å²) < 4.78 is 12.8. The first-order valence-electron chi connectivity index (χ1n) is 5.49. The predicted molar refractivity (Wildman–Crippen MR) is 71.7 cm³/mol. The number of carbonyl (C=O) groups excluding carboxylic acids is 1. The van der Waals surface area contributed by atoms with E-state index < -0.39 is 5.82 Å². The van der Waals surface area contributed by atoms with Crippen LogP contribution in [0.5, 0.6) is 0 Å². The predicted octanol–water partition coefficient (Wildman–Crippen LogP) is 2.88. The van der Waals surface area contributed by atoms with Crippen LogP contribution in [0.4, 0.5) is 15.8 Å². The summed E-state index contributed by atoms with van der Waals surface area (Å²) >= 11 is 1.59. The van der Waals surface area contributed by atoms with Crippen LogP contribution < -0.4 is 11.1 Å². The van der Waals surface area contributed by atoms with Gasteiger partial charge in [0.25, 0.3) is 0 Å². The highest BCUT2D eigenvalue weighted by Crippen LogP contribution is 2.20. The van der Waals surface area contributed by atoms with E-state index in [-0.39, 0.29) is 11.6 Å². The van der Waals surface area contributed by atoms with Gasteiger partial charge in [0.15, 0.2) is 0 Å². The Morgan fingerprint density at radius 2 is 2.29 bits per heavy atom. The van der Waals surface area contributed by atoms with E-state index in [1.165, 1.54) is 18.2 Å². The first kappa shape index (κ1) is 13.8. The van der Waals surface area contributed by atoms with Crippen molar-refractivity contribution in [2.45, 2.75) is 25.5 Å². The smallest absolute Gasteiger partial charge is 0.234 e. The van der Waals surface area contributed by atoms with Gasteiger partial charge in [-0.1, -0.05) is 13.8 Å². The zero-order valence-corrected chi connectivity index (χ0v) is 10.8. The van der Waals surface area contributed by atoms with Gasteiger partial charge in [-0.2, -0.15) is 0 Å². The average molecular weight is 256 g/mol. The van der Waals surface area contributed by atoms with Gasteiger partial charge in [0.05, 0.1) is 17.1 Å². The Balaban J connectivity index is 2.50. The number of hydrogen-bond donors (Lipinski definition) is 2. The number of nitrogens with one attached hydrogen (secondary N) is 1. The van der Waals surface area contributed by atoms with Crippen molar-refractivity contribution in [1.82, 2.24) is 0 Å². The summed E-state index contributed by atoms with van der Waals surface area (Å²) in [6, 6.07) is 3.93. The van der Waals surface area contributed by atoms with E-state index in [4.69, 9.17) is 5.73 Å². The molecule has 1 amide bonds. The largest absolute Gasteiger partial charge is 0.397 e. The molecule has 0 radical (unpaired) electrons. The summed E-state index contributed by atoms with van der Waals surface area (Å²) in [5.41, 5.74) is 6.29. The molecule has 0 spiro atoms. The number of amides is 1. The van der Waals surface area contributed by atoms with Gasteiger partial charge < -0.3 is 11.1 Å². The number of benzene rings is 1. The van der Waals surface area contributed by atoms with Crippen molar-refractivity contribution < 1.29 is 9.18 Å². The Kier molecular flexibility index (Phi) is 5.28. The number of hydrogen-bond acceptors (Lipinski definition) is 3. The van der Waals surface area contributed by atoms with Gasteiger partial charge in [-0.3, -0.25) is 4.79 Å². The third-order valence-electron chi connectivity index (χ3n) is 2.36. The molecule has 1 aromatic carbocycles. The van der Waals surface area contributed by atoms with Crippen molar-refractivity contribution in [2.75, 3.05) is 16.8 Å². The van der Waals surface area contributed by atoms with Gasteiger partial charge in [0.2, 0.25) is 5.91 Å². The number of nitrogens with two attached hydrogens (primary N) is 1. The topological polar surface area (TPSA) is 55.1 Å². The summed E-state index contributed by atoms with van der Waals surface area (Å²) in [5.74, 6) is -0.144. The van der Waals surface area contributed by atoms with Crippen molar-refractivity contribution in [3.63, 3.8) is 0 Å². The number of anilines is 2. The number of nitrogen functional groups attached to an aromatic ring is 1. The minimum atomic E-state index is -0.408. The van der Waals surface area contributed by atoms with Crippen LogP contribution in [0.1, 0.15) is 20.3 Å². The molecule has 0 saturated carbocycles. The molecule has 0 heterocycles. The summed E-state index contributed by atoms with van der Waals surface area (Å²) in [5, 5.41) is 3.12. The molecular weight excluding hydrogens is 239 g/mol. The minimum absolute atomic E-state index is 0.117. The van der Waals surface area contributed by atoms with E-state index in [1.54, 1.807) is 11.8 Å². The van der Waals surface area contributed by atoms with Crippen LogP contribution in [-0.2, 0) is 4.79 Å². The quantitative estimate of drug-likeness (QED) is 0.796. The van der Waals surface area contributed by atoms with Gasteiger partial charge in [0, 0.05) is 5.25 Å². The fourth-order valence-electron chi connectivity index (χ4n) is 1.17. The number of rotatable bonds is 5. The Bertz CT molecular complexity index is 398. The van der Waals surface area contributed by atoms with Crippen molar-refractivity contribution in [1.29, 1.82) is 0 Å². The SMILES string of the molecule is CCC(C)SCC(=O)Nc1ccc(F)cc1N. The lowest BCUT2D eigenvalue weighted by molar-refractivity contribution is -0.113. The first-order chi connectivity index (χ1) is 8.02. The second kappa shape index (κ2) is 6.49. The summed E-state index contributed by atoms with van der Waals surface area (Å²) in [6.07, 6.45) is 1.02. The van der Waals surface area contributed by atoms with Crippen molar-refractivity contribution in [3.05, 3.63) is 24.0 Å². The lowest BCUT2D eigenvalue weighted by Crippen LogP contribution is -2.16. The Morgan fingerprint density at radius 3 is 2.88 bits per heavy atom. The fourth-order valence-corrected chi connectivity index (χ4v) is 1.91. The highest BCUT2D eigenvalue weighted by atomic mass is 32.2. The van der Waals surface area contributed by atoms with E-state index in [1.807, 2.05) is 0 Å². The molecule has 1 atom stereocenters. The third kappa shape index (κ3) is 4.65. The Morgan fingerprint density at radius 1 is 1.59 bits per heavy atom. The molecule has 3 N–H and O–H groups in total. The maximum atomic E-state index is 12.8. The van der Waals surface area contributed by atoms with Crippen molar-refractivity contribution in [2.24, 2.45) is 0 Å². The van der Waals surface area contributed by atoms with Crippen LogP contribution in [0, 0.1) is 5.82 Å². The fraction of sp³-hybridized carbons (Fsp3) is 0.417. The van der Waals surface area contributed by atoms with E-state index in [0.29, 0.717) is 16.7 Å². The maximum absolute atomic E-state index is 12.8. The standard InChI is InChI=1S/C12H17FN2OS/c1-3-8(2)17-7-12(16)15-11-5-4-9(13)6-10(11)14/h4-6,8H,3,7,14H2,1-2H3,(H,15,16). The lowest BCUT2D eigenvalue weighted by atomic mass is 10.2. The summed E-state index contributed by atoms with van der Waals surface area (Å²) in [4.78, 5) is 11.6. The number of thioether (sulfide) groups is 1. The molecule has 0 aliphatic carbocycles. The molecule has 3 nitrogen and oxygen atoms in total. The molecular formula is C12H17FN2OS. The van der Waals surface area contributed by atoms with Crippen LogP contribution in [0.25, 0.3) is 0 Å². The second-order valence-electron chi connectivity index (χ2n) is 3.81. The van der Waals surface area contributed by atoms with E-state index in [2.05, 4.69) is 19.2 Å². The van der Waals surface area contributed by atoms with Crippen LogP contribution in [0.3, 0.4) is 0 Å². The van der Waals surface area contributed by atoms with Crippen molar-refractivity contribution in [3.8, 4) is 0 Å². The third-order valence-corrected chi connectivity index (χ3v) is 3.69. The molecule has 5 heteroatoms. The van der Waals surface area contributed by atoms with E-state index in [9.17, 15) is 9.18 Å². The minimum Gasteiger partial charge on any atom is -0.397 e. The molecule has 0 saturated heterocycles. The van der Waals surface area contributed by atoms with Crippen LogP contribution in [0.2, 0.25) is 0 Å². The van der Waals surface area contributed by atoms with Crippen LogP contribution in [-0.4, -0.2) is 16.9 Å². The lowest BCUT2D eigenvalue weighted by Gasteiger charge is -2.10. The molecule has 0 aliphatic rings. The number of halogens is 1. The monoisotopic (exact) mass is 256 g/mol. The average Bonchev–Trinajstić information content (AvgIpc) is 2.29. The highest BCUT2D eigenvalue weighted by molar-refractivity contribution is 8.00. The van der Waals surface area contributed by atoms with Gasteiger partial charge in [-0.05, 0) is 24.6 Å². The van der Waals surface area contributed by atoms with E-state index in [0.717, 1.165) is 6.42 Å². The van der Waals surface area contributed by atoms with Crippen LogP contribution in [0.15, 0.2) is 18.2 Å². The second-order valence-corrected chi connectivity index (χ2v) is 5.24. The molecule has 1 aromatic rings. The number of carbonyl (C=O) groups is 1. The molecule has 1 unspecified atom stereocenters. The van der Waals surface area contributed by atoms with E-state index >= 15 is 0 Å². The van der Waals surface area contributed by atoms with Gasteiger partial charge in [0.1, 0.15) is 5.82 Å². The van der Waals surface area contributed by atoms with Crippen molar-refractivity contribution >= 4 is 29.0 Å². The molecule has 0 aliphatic heterocycles. The van der Waals surface area contributed by atoms with Gasteiger partial charge in [-0.25, -0.2) is 4.39 Å². The van der Waals surface area contributed by atoms with Gasteiger partial charge >= 0.3 is 0 Å². The van der Waals surface area contributed by atoms with Gasteiger partial charge in [-0.15, -0.1) is 11.8 Å². The summed E-state index contributed by atoms with van der Waals surface area (Å²) in [7, 11) is 0. The first-order valence-corrected chi connectivity index (χ1v) is 6.54. The highest BCUT2D eigenvalue weighted by Gasteiger charge is 2.08. The molecule has 0 bridgehead atoms. The Hall–Kier alpha value is -1.23. The Labute approximate surface area is 105 Å². The molecule has 94 valence electrons.